The van der Waals surface area contributed by atoms with Gasteiger partial charge in [-0.05, 0) is 24.3 Å². The van der Waals surface area contributed by atoms with Gasteiger partial charge in [0.2, 0.25) is 0 Å². The van der Waals surface area contributed by atoms with Crippen molar-refractivity contribution in [3.8, 4) is 0 Å². The number of hydrogen-bond acceptors (Lipinski definition) is 6. The van der Waals surface area contributed by atoms with Gasteiger partial charge in [0, 0.05) is 4.88 Å². The molecule has 2 heterocycles. The van der Waals surface area contributed by atoms with Crippen LogP contribution in [0.15, 0.2) is 23.8 Å². The number of aliphatic carboxylic acids is 1. The third-order valence-corrected chi connectivity index (χ3v) is 4.36. The maximum atomic E-state index is 12.4. The third-order valence-electron chi connectivity index (χ3n) is 3.46. The zero-order valence-corrected chi connectivity index (χ0v) is 13.4. The quantitative estimate of drug-likeness (QED) is 0.404. The van der Waals surface area contributed by atoms with Crippen LogP contribution >= 0.6 is 11.3 Å². The number of nitrogens with one attached hydrogen (secondary N) is 1. The molecular weight excluding hydrogens is 321 g/mol. The molecule has 1 saturated heterocycles. The molecule has 1 fully saturated rings. The highest BCUT2D eigenvalue weighted by Gasteiger charge is 2.37. The van der Waals surface area contributed by atoms with Crippen molar-refractivity contribution in [3.63, 3.8) is 0 Å². The number of ether oxygens (including phenoxy) is 1. The maximum Gasteiger partial charge on any atom is 0.478 e. The Hall–Kier alpha value is -1.84. The molecule has 0 spiro atoms. The number of amides is 1. The number of hydrogen-bond donors (Lipinski definition) is 3. The van der Waals surface area contributed by atoms with E-state index >= 15 is 0 Å². The lowest BCUT2D eigenvalue weighted by molar-refractivity contribution is -0.139. The fourth-order valence-corrected chi connectivity index (χ4v) is 3.10. The van der Waals surface area contributed by atoms with Gasteiger partial charge in [-0.1, -0.05) is 6.07 Å². The molecule has 0 bridgehead atoms. The largest absolute Gasteiger partial charge is 0.503 e. The van der Waals surface area contributed by atoms with Crippen molar-refractivity contribution < 1.29 is 29.1 Å². The van der Waals surface area contributed by atoms with Crippen molar-refractivity contribution in [2.24, 2.45) is 0 Å². The smallest absolute Gasteiger partial charge is 0.478 e. The van der Waals surface area contributed by atoms with Crippen LogP contribution in [-0.2, 0) is 19.0 Å². The van der Waals surface area contributed by atoms with Gasteiger partial charge in [-0.15, -0.1) is 11.3 Å². The van der Waals surface area contributed by atoms with Crippen LogP contribution in [0.1, 0.15) is 24.1 Å². The van der Waals surface area contributed by atoms with Gasteiger partial charge in [-0.3, -0.25) is 9.59 Å². The highest BCUT2D eigenvalue weighted by atomic mass is 32.1. The summed E-state index contributed by atoms with van der Waals surface area (Å²) in [6.45, 7) is 0. The van der Waals surface area contributed by atoms with Crippen LogP contribution in [0.5, 0.6) is 0 Å². The Balaban J connectivity index is 1.97. The Kier molecular flexibility index (Phi) is 6.20. The monoisotopic (exact) mass is 339 g/mol. The maximum absolute atomic E-state index is 12.4. The SMILES string of the molecule is CO/C=C(/C(=O)N[C@H]1CC[C@@H](CC(=O)O)OB1O)c1cccs1. The van der Waals surface area contributed by atoms with E-state index in [0.717, 1.165) is 4.88 Å². The molecule has 2 rings (SSSR count). The summed E-state index contributed by atoms with van der Waals surface area (Å²) in [5, 5.41) is 23.3. The van der Waals surface area contributed by atoms with E-state index in [2.05, 4.69) is 5.32 Å². The first kappa shape index (κ1) is 17.5. The molecule has 0 saturated carbocycles. The Morgan fingerprint density at radius 1 is 1.57 bits per heavy atom. The summed E-state index contributed by atoms with van der Waals surface area (Å²) in [6.07, 6.45) is 1.54. The Morgan fingerprint density at radius 3 is 2.91 bits per heavy atom. The van der Waals surface area contributed by atoms with E-state index < -0.39 is 25.1 Å². The Bertz CT molecular complexity index is 576. The van der Waals surface area contributed by atoms with Gasteiger partial charge in [0.15, 0.2) is 0 Å². The van der Waals surface area contributed by atoms with Crippen LogP contribution in [0.25, 0.3) is 5.57 Å². The topological polar surface area (TPSA) is 105 Å². The van der Waals surface area contributed by atoms with Crippen molar-refractivity contribution in [2.75, 3.05) is 7.11 Å². The van der Waals surface area contributed by atoms with Crippen LogP contribution in [0, 0.1) is 0 Å². The minimum Gasteiger partial charge on any atom is -0.503 e. The van der Waals surface area contributed by atoms with E-state index in [1.165, 1.54) is 24.7 Å². The van der Waals surface area contributed by atoms with Gasteiger partial charge < -0.3 is 24.8 Å². The molecular formula is C14H18BNO6S. The second-order valence-electron chi connectivity index (χ2n) is 5.15. The summed E-state index contributed by atoms with van der Waals surface area (Å²) in [5.74, 6) is -1.95. The Morgan fingerprint density at radius 2 is 2.35 bits per heavy atom. The molecule has 9 heteroatoms. The van der Waals surface area contributed by atoms with Gasteiger partial charge >= 0.3 is 13.1 Å². The average Bonchev–Trinajstić information content (AvgIpc) is 3.00. The van der Waals surface area contributed by atoms with E-state index in [-0.39, 0.29) is 12.3 Å². The minimum atomic E-state index is -1.23. The summed E-state index contributed by atoms with van der Waals surface area (Å²) < 4.78 is 10.2. The fourth-order valence-electron chi connectivity index (χ4n) is 2.38. The molecule has 1 aliphatic heterocycles. The second-order valence-corrected chi connectivity index (χ2v) is 6.10. The number of carboxylic acids is 1. The summed E-state index contributed by atoms with van der Waals surface area (Å²) in [4.78, 5) is 23.8. The Labute approximate surface area is 138 Å². The summed E-state index contributed by atoms with van der Waals surface area (Å²) in [5.41, 5.74) is 0.363. The lowest BCUT2D eigenvalue weighted by Gasteiger charge is -2.31. The molecule has 1 aromatic heterocycles. The van der Waals surface area contributed by atoms with E-state index in [4.69, 9.17) is 14.5 Å². The molecule has 2 atom stereocenters. The van der Waals surface area contributed by atoms with E-state index in [1.54, 1.807) is 6.07 Å². The lowest BCUT2D eigenvalue weighted by Crippen LogP contribution is -2.53. The number of methoxy groups -OCH3 is 1. The number of carbonyl (C=O) groups excluding carboxylic acids is 1. The van der Waals surface area contributed by atoms with E-state index in [1.807, 2.05) is 11.4 Å². The van der Waals surface area contributed by atoms with Crippen molar-refractivity contribution in [2.45, 2.75) is 31.3 Å². The standard InChI is InChI=1S/C14H18BNO6S/c1-21-8-10(11-3-2-6-23-11)14(19)16-12-5-4-9(7-13(17)18)22-15(12)20/h2-3,6,8-9,12,20H,4-5,7H2,1H3,(H,16,19)(H,17,18)/b10-8+/t9-,12-/m0/s1. The first-order chi connectivity index (χ1) is 11.0. The molecule has 3 N–H and O–H groups in total. The van der Waals surface area contributed by atoms with E-state index in [0.29, 0.717) is 18.4 Å². The number of carbonyl (C=O) groups is 2. The molecule has 0 radical (unpaired) electrons. The summed E-state index contributed by atoms with van der Waals surface area (Å²) >= 11 is 1.40. The minimum absolute atomic E-state index is 0.165. The molecule has 7 nitrogen and oxygen atoms in total. The van der Waals surface area contributed by atoms with Crippen molar-refractivity contribution in [1.82, 2.24) is 5.32 Å². The highest BCUT2D eigenvalue weighted by Crippen LogP contribution is 2.23. The van der Waals surface area contributed by atoms with Crippen molar-refractivity contribution in [1.29, 1.82) is 0 Å². The third kappa shape index (κ3) is 4.82. The second kappa shape index (κ2) is 8.14. The van der Waals surface area contributed by atoms with Gasteiger partial charge in [0.25, 0.3) is 5.91 Å². The molecule has 0 aromatic carbocycles. The molecule has 1 aromatic rings. The summed E-state index contributed by atoms with van der Waals surface area (Å²) in [7, 11) is 0.222. The molecule has 1 amide bonds. The van der Waals surface area contributed by atoms with Gasteiger partial charge in [0.1, 0.15) is 0 Å². The highest BCUT2D eigenvalue weighted by molar-refractivity contribution is 7.11. The first-order valence-corrected chi connectivity index (χ1v) is 8.02. The van der Waals surface area contributed by atoms with Crippen LogP contribution in [0.4, 0.5) is 0 Å². The predicted octanol–water partition coefficient (Wildman–Crippen LogP) is 0.894. The fraction of sp³-hybridized carbons (Fsp3) is 0.429. The molecule has 124 valence electrons. The van der Waals surface area contributed by atoms with Gasteiger partial charge in [-0.2, -0.15) is 0 Å². The molecule has 0 unspecified atom stereocenters. The number of thiophene rings is 1. The van der Waals surface area contributed by atoms with Crippen molar-refractivity contribution >= 4 is 35.9 Å². The number of rotatable bonds is 6. The lowest BCUT2D eigenvalue weighted by atomic mass is 9.72. The molecule has 0 aliphatic carbocycles. The van der Waals surface area contributed by atoms with Crippen molar-refractivity contribution in [3.05, 3.63) is 28.7 Å². The predicted molar refractivity (Wildman–Crippen MR) is 85.6 cm³/mol. The van der Waals surface area contributed by atoms with Crippen LogP contribution in [0.3, 0.4) is 0 Å². The zero-order chi connectivity index (χ0) is 16.8. The molecule has 1 aliphatic rings. The van der Waals surface area contributed by atoms with Crippen LogP contribution in [0.2, 0.25) is 0 Å². The van der Waals surface area contributed by atoms with Gasteiger partial charge in [0.05, 0.1) is 37.4 Å². The first-order valence-electron chi connectivity index (χ1n) is 7.14. The zero-order valence-electron chi connectivity index (χ0n) is 12.6. The molecule has 23 heavy (non-hydrogen) atoms. The van der Waals surface area contributed by atoms with Gasteiger partial charge in [-0.25, -0.2) is 0 Å². The summed E-state index contributed by atoms with van der Waals surface area (Å²) in [6, 6.07) is 3.62. The average molecular weight is 339 g/mol. The van der Waals surface area contributed by atoms with E-state index in [9.17, 15) is 14.6 Å². The van der Waals surface area contributed by atoms with Crippen LogP contribution < -0.4 is 5.32 Å². The van der Waals surface area contributed by atoms with Crippen LogP contribution in [-0.4, -0.2) is 48.3 Å². The normalized spacial score (nSPS) is 21.8. The number of carboxylic acid groups (broad SMARTS) is 1.